The van der Waals surface area contributed by atoms with Gasteiger partial charge in [0.15, 0.2) is 12.2 Å². The van der Waals surface area contributed by atoms with Gasteiger partial charge in [0.2, 0.25) is 0 Å². The monoisotopic (exact) mass is 1550 g/mol. The molecule has 0 aromatic heterocycles. The quantitative estimate of drug-likeness (QED) is 0.0222. The molecule has 19 heteroatoms. The number of hydrogen-bond donors (Lipinski definition) is 3. The minimum atomic E-state index is -4.97. The fourth-order valence-electron chi connectivity index (χ4n) is 13.6. The number of rotatable bonds is 87. The summed E-state index contributed by atoms with van der Waals surface area (Å²) >= 11 is 0. The summed E-state index contributed by atoms with van der Waals surface area (Å²) in [5.74, 6) is -1.35. The van der Waals surface area contributed by atoms with Gasteiger partial charge in [-0.15, -0.1) is 0 Å². The molecule has 0 radical (unpaired) electrons. The Balaban J connectivity index is 5.25. The van der Waals surface area contributed by atoms with E-state index in [0.29, 0.717) is 25.7 Å². The topological polar surface area (TPSA) is 237 Å². The molecule has 0 saturated carbocycles. The molecule has 3 N–H and O–H groups in total. The molecule has 0 rings (SSSR count). The number of aliphatic hydroxyl groups excluding tert-OH is 1. The van der Waals surface area contributed by atoms with Crippen LogP contribution in [-0.2, 0) is 65.4 Å². The zero-order chi connectivity index (χ0) is 77.6. The molecule has 2 unspecified atom stereocenters. The highest BCUT2D eigenvalue weighted by atomic mass is 31.2. The summed E-state index contributed by atoms with van der Waals surface area (Å²) in [6.07, 6.45) is 73.6. The molecule has 0 heterocycles. The Labute approximate surface area is 651 Å². The molecule has 106 heavy (non-hydrogen) atoms. The van der Waals surface area contributed by atoms with Crippen LogP contribution in [0.4, 0.5) is 0 Å². The molecule has 0 spiro atoms. The van der Waals surface area contributed by atoms with E-state index in [4.69, 9.17) is 37.0 Å². The molecule has 0 saturated heterocycles. The first-order valence-electron chi connectivity index (χ1n) is 45.1. The van der Waals surface area contributed by atoms with Crippen molar-refractivity contribution in [1.29, 1.82) is 0 Å². The Morgan fingerprint density at radius 2 is 0.434 bits per heavy atom. The van der Waals surface area contributed by atoms with Gasteiger partial charge < -0.3 is 33.8 Å². The molecule has 0 aromatic rings. The van der Waals surface area contributed by atoms with Crippen molar-refractivity contribution in [2.45, 2.75) is 490 Å². The summed E-state index contributed by atoms with van der Waals surface area (Å²) in [7, 11) is -9.93. The SMILES string of the molecule is CCCCCCCCCCCCCCCCCCCCCC(=O)OC[C@H](COP(=O)(O)OC[C@@H](O)COP(=O)(O)OC[C@@H](COC(=O)CCCCCCCCCCCC(C)C)OC(=O)CCCCCCCCCCCCCCCCCC)OC(=O)CCCCCCCCCCCCCCCCCCCCC. The molecule has 0 aliphatic rings. The third kappa shape index (κ3) is 80.1. The largest absolute Gasteiger partial charge is 0.472 e. The lowest BCUT2D eigenvalue weighted by Crippen LogP contribution is -2.30. The van der Waals surface area contributed by atoms with E-state index in [-0.39, 0.29) is 25.7 Å². The maximum atomic E-state index is 13.2. The number of phosphoric ester groups is 2. The van der Waals surface area contributed by atoms with E-state index in [1.807, 2.05) is 0 Å². The Kier molecular flexibility index (Phi) is 78.2. The number of esters is 4. The van der Waals surface area contributed by atoms with Crippen molar-refractivity contribution in [3.63, 3.8) is 0 Å². The Morgan fingerprint density at radius 1 is 0.255 bits per heavy atom. The highest BCUT2D eigenvalue weighted by Crippen LogP contribution is 2.45. The number of aliphatic hydroxyl groups is 1. The van der Waals surface area contributed by atoms with Gasteiger partial charge in [-0.25, -0.2) is 9.13 Å². The first-order valence-corrected chi connectivity index (χ1v) is 48.1. The van der Waals surface area contributed by atoms with Crippen LogP contribution in [0, 0.1) is 5.92 Å². The highest BCUT2D eigenvalue weighted by molar-refractivity contribution is 7.47. The molecular formula is C87H170O17P2. The lowest BCUT2D eigenvalue weighted by molar-refractivity contribution is -0.161. The van der Waals surface area contributed by atoms with Crippen LogP contribution >= 0.6 is 15.6 Å². The van der Waals surface area contributed by atoms with Crippen LogP contribution in [0.25, 0.3) is 0 Å². The molecule has 0 bridgehead atoms. The van der Waals surface area contributed by atoms with Crippen molar-refractivity contribution in [3.05, 3.63) is 0 Å². The molecule has 0 aliphatic carbocycles. The zero-order valence-corrected chi connectivity index (χ0v) is 71.4. The van der Waals surface area contributed by atoms with Crippen LogP contribution in [-0.4, -0.2) is 96.7 Å². The fourth-order valence-corrected chi connectivity index (χ4v) is 15.2. The number of unbranched alkanes of at least 4 members (excludes halogenated alkanes) is 59. The minimum Gasteiger partial charge on any atom is -0.462 e. The summed E-state index contributed by atoms with van der Waals surface area (Å²) in [4.78, 5) is 73.3. The zero-order valence-electron chi connectivity index (χ0n) is 69.6. The van der Waals surface area contributed by atoms with E-state index in [9.17, 15) is 43.2 Å². The second-order valence-electron chi connectivity index (χ2n) is 31.8. The number of carbonyl (C=O) groups is 4. The molecule has 0 aromatic carbocycles. The van der Waals surface area contributed by atoms with E-state index < -0.39 is 97.5 Å². The summed E-state index contributed by atoms with van der Waals surface area (Å²) in [5.41, 5.74) is 0. The van der Waals surface area contributed by atoms with E-state index >= 15 is 0 Å². The molecule has 0 aliphatic heterocycles. The molecule has 0 amide bonds. The van der Waals surface area contributed by atoms with Gasteiger partial charge in [-0.3, -0.25) is 37.3 Å². The van der Waals surface area contributed by atoms with Crippen LogP contribution in [0.1, 0.15) is 471 Å². The average molecular weight is 1550 g/mol. The predicted octanol–water partition coefficient (Wildman–Crippen LogP) is 26.8. The number of ether oxygens (including phenoxy) is 4. The first-order chi connectivity index (χ1) is 51.5. The van der Waals surface area contributed by atoms with E-state index in [2.05, 4.69) is 34.6 Å². The van der Waals surface area contributed by atoms with E-state index in [1.54, 1.807) is 0 Å². The van der Waals surface area contributed by atoms with E-state index in [1.165, 1.54) is 295 Å². The van der Waals surface area contributed by atoms with Crippen LogP contribution in [0.5, 0.6) is 0 Å². The van der Waals surface area contributed by atoms with Gasteiger partial charge in [0.05, 0.1) is 26.4 Å². The Bertz CT molecular complexity index is 2010. The Hall–Kier alpha value is -1.94. The molecule has 630 valence electrons. The van der Waals surface area contributed by atoms with Gasteiger partial charge in [-0.05, 0) is 31.6 Å². The predicted molar refractivity (Wildman–Crippen MR) is 437 cm³/mol. The van der Waals surface area contributed by atoms with Crippen molar-refractivity contribution < 1.29 is 80.2 Å². The van der Waals surface area contributed by atoms with Gasteiger partial charge >= 0.3 is 39.5 Å². The molecular weight excluding hydrogens is 1380 g/mol. The maximum absolute atomic E-state index is 13.2. The third-order valence-corrected chi connectivity index (χ3v) is 22.4. The highest BCUT2D eigenvalue weighted by Gasteiger charge is 2.30. The molecule has 0 fully saturated rings. The second-order valence-corrected chi connectivity index (χ2v) is 34.7. The average Bonchev–Trinajstić information content (AvgIpc) is 0.902. The van der Waals surface area contributed by atoms with Gasteiger partial charge in [0.1, 0.15) is 19.3 Å². The smallest absolute Gasteiger partial charge is 0.462 e. The fraction of sp³-hybridized carbons (Fsp3) is 0.954. The Morgan fingerprint density at radius 3 is 0.642 bits per heavy atom. The normalized spacial score (nSPS) is 13.7. The van der Waals surface area contributed by atoms with Crippen LogP contribution in [0.2, 0.25) is 0 Å². The third-order valence-electron chi connectivity index (χ3n) is 20.5. The summed E-state index contributed by atoms with van der Waals surface area (Å²) in [6, 6.07) is 0. The summed E-state index contributed by atoms with van der Waals surface area (Å²) < 4.78 is 69.0. The van der Waals surface area contributed by atoms with Gasteiger partial charge in [0.25, 0.3) is 0 Å². The lowest BCUT2D eigenvalue weighted by Gasteiger charge is -2.21. The van der Waals surface area contributed by atoms with Crippen molar-refractivity contribution in [1.82, 2.24) is 0 Å². The standard InChI is InChI=1S/C87H170O17P2/c1-6-9-12-15-18-21-24-27-30-33-35-37-40-42-45-50-55-60-65-70-84(89)97-76-82(103-86(91)73-68-63-58-52-47-44-41-38-36-34-31-28-25-22-19-16-13-10-7-2)78-101-105(93,94)99-74-81(88)75-100-106(95,96)102-79-83(77-98-85(90)71-66-61-56-53-48-49-54-59-64-69-80(4)5)104-87(92)72-67-62-57-51-46-43-39-32-29-26-23-20-17-14-11-8-3/h80-83,88H,6-79H2,1-5H3,(H,93,94)(H,95,96)/t81-,82-,83-/m1/s1. The molecule has 5 atom stereocenters. The van der Waals surface area contributed by atoms with Crippen LogP contribution in [0.15, 0.2) is 0 Å². The van der Waals surface area contributed by atoms with E-state index in [0.717, 1.165) is 95.8 Å². The number of carbonyl (C=O) groups excluding carboxylic acids is 4. The lowest BCUT2D eigenvalue weighted by atomic mass is 10.0. The number of hydrogen-bond acceptors (Lipinski definition) is 15. The van der Waals surface area contributed by atoms with Crippen LogP contribution < -0.4 is 0 Å². The first kappa shape index (κ1) is 104. The van der Waals surface area contributed by atoms with Crippen molar-refractivity contribution >= 4 is 39.5 Å². The van der Waals surface area contributed by atoms with Gasteiger partial charge in [0, 0.05) is 25.7 Å². The maximum Gasteiger partial charge on any atom is 0.472 e. The van der Waals surface area contributed by atoms with Crippen LogP contribution in [0.3, 0.4) is 0 Å². The van der Waals surface area contributed by atoms with Gasteiger partial charge in [-0.1, -0.05) is 420 Å². The van der Waals surface area contributed by atoms with Crippen molar-refractivity contribution in [2.24, 2.45) is 5.92 Å². The van der Waals surface area contributed by atoms with Crippen molar-refractivity contribution in [2.75, 3.05) is 39.6 Å². The minimum absolute atomic E-state index is 0.108. The van der Waals surface area contributed by atoms with Gasteiger partial charge in [-0.2, -0.15) is 0 Å². The van der Waals surface area contributed by atoms with Crippen molar-refractivity contribution in [3.8, 4) is 0 Å². The molecule has 17 nitrogen and oxygen atoms in total. The number of phosphoric acid groups is 2. The summed E-state index contributed by atoms with van der Waals surface area (Å²) in [5, 5.41) is 10.7. The summed E-state index contributed by atoms with van der Waals surface area (Å²) in [6.45, 7) is 7.36. The second kappa shape index (κ2) is 79.7.